The Labute approximate surface area is 108 Å². The molecule has 0 fully saturated rings. The summed E-state index contributed by atoms with van der Waals surface area (Å²) < 4.78 is 0. The summed E-state index contributed by atoms with van der Waals surface area (Å²) in [7, 11) is 0. The molecular weight excluding hydrogens is 236 g/mol. The third kappa shape index (κ3) is 4.75. The van der Waals surface area contributed by atoms with Gasteiger partial charge in [-0.3, -0.25) is 4.79 Å². The first-order valence-corrected chi connectivity index (χ1v) is 6.15. The second kappa shape index (κ2) is 6.62. The van der Waals surface area contributed by atoms with Crippen molar-refractivity contribution >= 4 is 17.5 Å². The maximum Gasteiger partial charge on any atom is 0.234 e. The van der Waals surface area contributed by atoms with Crippen molar-refractivity contribution in [3.63, 3.8) is 0 Å². The third-order valence-electron chi connectivity index (χ3n) is 2.42. The van der Waals surface area contributed by atoms with Crippen molar-refractivity contribution in [2.45, 2.75) is 32.9 Å². The number of hydrogen-bond acceptors (Lipinski definition) is 2. The zero-order chi connectivity index (χ0) is 12.8. The first-order valence-electron chi connectivity index (χ1n) is 5.78. The van der Waals surface area contributed by atoms with Crippen molar-refractivity contribution in [1.29, 1.82) is 0 Å². The molecule has 1 unspecified atom stereocenters. The van der Waals surface area contributed by atoms with Crippen LogP contribution in [0, 0.1) is 0 Å². The zero-order valence-electron chi connectivity index (χ0n) is 10.5. The molecule has 0 saturated carbocycles. The van der Waals surface area contributed by atoms with E-state index in [9.17, 15) is 4.79 Å². The van der Waals surface area contributed by atoms with Crippen LogP contribution in [0.5, 0.6) is 0 Å². The minimum atomic E-state index is -0.0786. The van der Waals surface area contributed by atoms with Gasteiger partial charge in [0.15, 0.2) is 0 Å². The maximum atomic E-state index is 11.6. The normalized spacial score (nSPS) is 12.5. The molecule has 0 aliphatic heterocycles. The first-order chi connectivity index (χ1) is 8.00. The van der Waals surface area contributed by atoms with E-state index in [0.29, 0.717) is 17.6 Å². The van der Waals surface area contributed by atoms with Gasteiger partial charge in [-0.15, -0.1) is 0 Å². The standard InChI is InChI=1S/C13H19ClN2O/c1-9(2)15-8-13(17)16-10(3)11-6-4-5-7-12(11)14/h4-7,9-10,15H,8H2,1-3H3,(H,16,17). The highest BCUT2D eigenvalue weighted by atomic mass is 35.5. The molecule has 0 aromatic heterocycles. The Kier molecular flexibility index (Phi) is 5.45. The van der Waals surface area contributed by atoms with Gasteiger partial charge in [0, 0.05) is 11.1 Å². The van der Waals surface area contributed by atoms with E-state index in [1.165, 1.54) is 0 Å². The van der Waals surface area contributed by atoms with Gasteiger partial charge in [-0.05, 0) is 18.6 Å². The summed E-state index contributed by atoms with van der Waals surface area (Å²) in [4.78, 5) is 11.6. The average molecular weight is 255 g/mol. The molecule has 17 heavy (non-hydrogen) atoms. The van der Waals surface area contributed by atoms with Gasteiger partial charge >= 0.3 is 0 Å². The Morgan fingerprint density at radius 1 is 1.29 bits per heavy atom. The van der Waals surface area contributed by atoms with Gasteiger partial charge in [0.1, 0.15) is 0 Å². The number of rotatable bonds is 5. The molecule has 0 radical (unpaired) electrons. The molecule has 1 aromatic rings. The summed E-state index contributed by atoms with van der Waals surface area (Å²) in [6.07, 6.45) is 0. The maximum absolute atomic E-state index is 11.6. The number of benzene rings is 1. The van der Waals surface area contributed by atoms with Gasteiger partial charge in [0.2, 0.25) is 5.91 Å². The van der Waals surface area contributed by atoms with Crippen LogP contribution in [0.2, 0.25) is 5.02 Å². The Balaban J connectivity index is 2.52. The molecule has 2 N–H and O–H groups in total. The molecule has 0 aliphatic carbocycles. The zero-order valence-corrected chi connectivity index (χ0v) is 11.2. The summed E-state index contributed by atoms with van der Waals surface area (Å²) in [6.45, 7) is 6.26. The summed E-state index contributed by atoms with van der Waals surface area (Å²) in [6, 6.07) is 7.76. The van der Waals surface area contributed by atoms with Crippen molar-refractivity contribution in [3.05, 3.63) is 34.9 Å². The highest BCUT2D eigenvalue weighted by molar-refractivity contribution is 6.31. The quantitative estimate of drug-likeness (QED) is 0.848. The molecule has 0 saturated heterocycles. The second-order valence-electron chi connectivity index (χ2n) is 4.35. The van der Waals surface area contributed by atoms with Crippen LogP contribution in [0.1, 0.15) is 32.4 Å². The largest absolute Gasteiger partial charge is 0.348 e. The van der Waals surface area contributed by atoms with E-state index < -0.39 is 0 Å². The predicted octanol–water partition coefficient (Wildman–Crippen LogP) is 2.52. The highest BCUT2D eigenvalue weighted by Gasteiger charge is 2.11. The molecule has 3 nitrogen and oxygen atoms in total. The minimum Gasteiger partial charge on any atom is -0.348 e. The fourth-order valence-corrected chi connectivity index (χ4v) is 1.79. The van der Waals surface area contributed by atoms with Crippen molar-refractivity contribution in [2.24, 2.45) is 0 Å². The van der Waals surface area contributed by atoms with Crippen LogP contribution < -0.4 is 10.6 Å². The topological polar surface area (TPSA) is 41.1 Å². The van der Waals surface area contributed by atoms with Gasteiger partial charge in [-0.2, -0.15) is 0 Å². The third-order valence-corrected chi connectivity index (χ3v) is 2.76. The molecule has 4 heteroatoms. The van der Waals surface area contributed by atoms with Crippen molar-refractivity contribution < 1.29 is 4.79 Å². The monoisotopic (exact) mass is 254 g/mol. The Morgan fingerprint density at radius 3 is 2.53 bits per heavy atom. The molecule has 0 spiro atoms. The summed E-state index contributed by atoms with van der Waals surface area (Å²) in [5.41, 5.74) is 0.937. The molecule has 1 aromatic carbocycles. The SMILES string of the molecule is CC(C)NCC(=O)NC(C)c1ccccc1Cl. The smallest absolute Gasteiger partial charge is 0.234 e. The molecule has 0 bridgehead atoms. The molecule has 0 heterocycles. The van der Waals surface area contributed by atoms with Gasteiger partial charge < -0.3 is 10.6 Å². The van der Waals surface area contributed by atoms with Gasteiger partial charge in [-0.25, -0.2) is 0 Å². The lowest BCUT2D eigenvalue weighted by molar-refractivity contribution is -0.121. The molecular formula is C13H19ClN2O. The summed E-state index contributed by atoms with van der Waals surface area (Å²) in [5, 5.41) is 6.66. The van der Waals surface area contributed by atoms with E-state index in [1.807, 2.05) is 45.0 Å². The van der Waals surface area contributed by atoms with E-state index in [1.54, 1.807) is 0 Å². The van der Waals surface area contributed by atoms with Crippen LogP contribution in [0.25, 0.3) is 0 Å². The van der Waals surface area contributed by atoms with E-state index in [0.717, 1.165) is 5.56 Å². The van der Waals surface area contributed by atoms with E-state index in [-0.39, 0.29) is 11.9 Å². The van der Waals surface area contributed by atoms with Crippen molar-refractivity contribution in [2.75, 3.05) is 6.54 Å². The van der Waals surface area contributed by atoms with Gasteiger partial charge in [0.05, 0.1) is 12.6 Å². The minimum absolute atomic E-state index is 0.0221. The molecule has 1 rings (SSSR count). The van der Waals surface area contributed by atoms with Crippen LogP contribution in [-0.2, 0) is 4.79 Å². The van der Waals surface area contributed by atoms with Crippen molar-refractivity contribution in [1.82, 2.24) is 10.6 Å². The predicted molar refractivity (Wildman–Crippen MR) is 71.1 cm³/mol. The van der Waals surface area contributed by atoms with Crippen LogP contribution in [-0.4, -0.2) is 18.5 Å². The van der Waals surface area contributed by atoms with Crippen LogP contribution in [0.4, 0.5) is 0 Å². The Bertz CT molecular complexity index is 379. The van der Waals surface area contributed by atoms with Gasteiger partial charge in [0.25, 0.3) is 0 Å². The average Bonchev–Trinajstić information content (AvgIpc) is 2.26. The summed E-state index contributed by atoms with van der Waals surface area (Å²) >= 11 is 6.06. The lowest BCUT2D eigenvalue weighted by Crippen LogP contribution is -2.38. The van der Waals surface area contributed by atoms with E-state index in [4.69, 9.17) is 11.6 Å². The first kappa shape index (κ1) is 14.0. The fourth-order valence-electron chi connectivity index (χ4n) is 1.49. The number of amides is 1. The molecule has 0 aliphatic rings. The number of carbonyl (C=O) groups excluding carboxylic acids is 1. The van der Waals surface area contributed by atoms with Crippen LogP contribution in [0.3, 0.4) is 0 Å². The summed E-state index contributed by atoms with van der Waals surface area (Å²) in [5.74, 6) is -0.0221. The van der Waals surface area contributed by atoms with Crippen LogP contribution >= 0.6 is 11.6 Å². The van der Waals surface area contributed by atoms with E-state index >= 15 is 0 Å². The van der Waals surface area contributed by atoms with E-state index in [2.05, 4.69) is 10.6 Å². The number of hydrogen-bond donors (Lipinski definition) is 2. The number of nitrogens with one attached hydrogen (secondary N) is 2. The van der Waals surface area contributed by atoms with Gasteiger partial charge in [-0.1, -0.05) is 43.6 Å². The molecule has 94 valence electrons. The number of carbonyl (C=O) groups is 1. The lowest BCUT2D eigenvalue weighted by atomic mass is 10.1. The fraction of sp³-hybridized carbons (Fsp3) is 0.462. The molecule has 1 atom stereocenters. The lowest BCUT2D eigenvalue weighted by Gasteiger charge is -2.16. The highest BCUT2D eigenvalue weighted by Crippen LogP contribution is 2.21. The number of halogens is 1. The van der Waals surface area contributed by atoms with Crippen molar-refractivity contribution in [3.8, 4) is 0 Å². The second-order valence-corrected chi connectivity index (χ2v) is 4.75. The Morgan fingerprint density at radius 2 is 1.94 bits per heavy atom. The molecule has 1 amide bonds. The Hall–Kier alpha value is -1.06. The van der Waals surface area contributed by atoms with Crippen LogP contribution in [0.15, 0.2) is 24.3 Å².